The Bertz CT molecular complexity index is 836. The molecule has 0 aliphatic carbocycles. The Kier molecular flexibility index (Phi) is 6.08. The predicted molar refractivity (Wildman–Crippen MR) is 90.2 cm³/mol. The van der Waals surface area contributed by atoms with Gasteiger partial charge in [0.1, 0.15) is 0 Å². The van der Waals surface area contributed by atoms with Crippen LogP contribution in [0.2, 0.25) is 0 Å². The lowest BCUT2D eigenvalue weighted by atomic mass is 10.1. The number of nitrogens with one attached hydrogen (secondary N) is 1. The molecule has 0 aliphatic rings. The maximum absolute atomic E-state index is 12.5. The van der Waals surface area contributed by atoms with Gasteiger partial charge in [-0.1, -0.05) is 42.5 Å². The van der Waals surface area contributed by atoms with Gasteiger partial charge in [-0.25, -0.2) is 5.48 Å². The van der Waals surface area contributed by atoms with Gasteiger partial charge in [-0.05, 0) is 35.4 Å². The smallest absolute Gasteiger partial charge is 0.289 e. The van der Waals surface area contributed by atoms with Crippen LogP contribution >= 0.6 is 0 Å². The van der Waals surface area contributed by atoms with Crippen LogP contribution in [0.1, 0.15) is 27.0 Å². The minimum absolute atomic E-state index is 0.156. The van der Waals surface area contributed by atoms with Gasteiger partial charge in [0.05, 0.1) is 5.56 Å². The van der Waals surface area contributed by atoms with Crippen LogP contribution in [0.3, 0.4) is 0 Å². The molecule has 1 amide bonds. The van der Waals surface area contributed by atoms with Crippen molar-refractivity contribution in [1.82, 2.24) is 5.48 Å². The summed E-state index contributed by atoms with van der Waals surface area (Å²) < 4.78 is 37.5. The topological polar surface area (TPSA) is 66.4 Å². The van der Waals surface area contributed by atoms with Gasteiger partial charge in [-0.15, -0.1) is 0 Å². The fourth-order valence-corrected chi connectivity index (χ4v) is 2.02. The number of hydroxylamine groups is 1. The van der Waals surface area contributed by atoms with E-state index < -0.39 is 23.4 Å². The molecule has 0 spiro atoms. The highest BCUT2D eigenvalue weighted by molar-refractivity contribution is 6.06. The van der Waals surface area contributed by atoms with Crippen LogP contribution in [0, 0.1) is 0 Å². The van der Waals surface area contributed by atoms with Crippen molar-refractivity contribution in [2.24, 2.45) is 0 Å². The zero-order chi connectivity index (χ0) is 19.2. The van der Waals surface area contributed by atoms with Crippen molar-refractivity contribution >= 4 is 23.8 Å². The molecule has 26 heavy (non-hydrogen) atoms. The first-order valence-electron chi connectivity index (χ1n) is 7.41. The maximum atomic E-state index is 12.5. The Labute approximate surface area is 147 Å². The van der Waals surface area contributed by atoms with Gasteiger partial charge >= 0.3 is 6.18 Å². The van der Waals surface area contributed by atoms with E-state index >= 15 is 0 Å². The number of halogens is 3. The molecule has 0 aliphatic heterocycles. The highest BCUT2D eigenvalue weighted by Crippen LogP contribution is 2.29. The van der Waals surface area contributed by atoms with Gasteiger partial charge in [0.25, 0.3) is 5.91 Å². The number of carbonyl (C=O) groups excluding carboxylic acids is 2. The van der Waals surface area contributed by atoms with Gasteiger partial charge in [-0.2, -0.15) is 13.2 Å². The molecule has 4 nitrogen and oxygen atoms in total. The highest BCUT2D eigenvalue weighted by atomic mass is 19.4. The fourth-order valence-electron chi connectivity index (χ4n) is 2.02. The number of benzene rings is 2. The molecule has 0 radical (unpaired) electrons. The summed E-state index contributed by atoms with van der Waals surface area (Å²) in [4.78, 5) is 22.9. The van der Waals surface area contributed by atoms with Gasteiger partial charge in [0.15, 0.2) is 5.78 Å². The van der Waals surface area contributed by atoms with Crippen LogP contribution in [0.15, 0.2) is 60.7 Å². The van der Waals surface area contributed by atoms with Crippen LogP contribution in [0.25, 0.3) is 12.2 Å². The van der Waals surface area contributed by atoms with Crippen molar-refractivity contribution < 1.29 is 28.0 Å². The van der Waals surface area contributed by atoms with E-state index in [-0.39, 0.29) is 5.56 Å². The number of alkyl halides is 3. The SMILES string of the molecule is O=C(C=Cc1ccc(C=CC(=O)c2ccc(C(F)(F)F)cc2)cc1)NO. The summed E-state index contributed by atoms with van der Waals surface area (Å²) in [5, 5.41) is 8.38. The molecule has 7 heteroatoms. The van der Waals surface area contributed by atoms with Crippen LogP contribution < -0.4 is 5.48 Å². The largest absolute Gasteiger partial charge is 0.416 e. The van der Waals surface area contributed by atoms with E-state index in [4.69, 9.17) is 5.21 Å². The molecule has 0 fully saturated rings. The van der Waals surface area contributed by atoms with Crippen molar-refractivity contribution in [1.29, 1.82) is 0 Å². The second-order valence-corrected chi connectivity index (χ2v) is 5.25. The number of allylic oxidation sites excluding steroid dienone is 1. The standard InChI is InChI=1S/C19H14F3NO3/c20-19(21,22)16-9-7-15(8-10-16)17(24)11-5-13-1-3-14(4-2-13)6-12-18(25)23-26/h1-12,26H,(H,23,25). The Morgan fingerprint density at radius 3 is 1.81 bits per heavy atom. The lowest BCUT2D eigenvalue weighted by molar-refractivity contribution is -0.137. The number of rotatable bonds is 5. The molecule has 0 saturated heterocycles. The second-order valence-electron chi connectivity index (χ2n) is 5.25. The number of amides is 1. The number of hydrogen-bond donors (Lipinski definition) is 2. The second kappa shape index (κ2) is 8.26. The molecular weight excluding hydrogens is 347 g/mol. The van der Waals surface area contributed by atoms with Crippen molar-refractivity contribution in [2.45, 2.75) is 6.18 Å². The van der Waals surface area contributed by atoms with Crippen molar-refractivity contribution in [3.63, 3.8) is 0 Å². The number of ketones is 1. The monoisotopic (exact) mass is 361 g/mol. The molecule has 0 unspecified atom stereocenters. The molecule has 0 bridgehead atoms. The summed E-state index contributed by atoms with van der Waals surface area (Å²) in [6, 6.07) is 10.8. The van der Waals surface area contributed by atoms with Gasteiger partial charge in [0.2, 0.25) is 0 Å². The highest BCUT2D eigenvalue weighted by Gasteiger charge is 2.30. The summed E-state index contributed by atoms with van der Waals surface area (Å²) in [6.45, 7) is 0. The molecule has 2 aromatic carbocycles. The molecule has 0 aromatic heterocycles. The molecule has 2 rings (SSSR count). The molecule has 2 N–H and O–H groups in total. The molecule has 134 valence electrons. The molecule has 0 atom stereocenters. The summed E-state index contributed by atoms with van der Waals surface area (Å²) >= 11 is 0. The first kappa shape index (κ1) is 19.1. The zero-order valence-electron chi connectivity index (χ0n) is 13.3. The third kappa shape index (κ3) is 5.42. The molecule has 2 aromatic rings. The van der Waals surface area contributed by atoms with E-state index in [2.05, 4.69) is 0 Å². The van der Waals surface area contributed by atoms with E-state index in [1.54, 1.807) is 24.3 Å². The van der Waals surface area contributed by atoms with Crippen molar-refractivity contribution in [2.75, 3.05) is 0 Å². The van der Waals surface area contributed by atoms with Crippen LogP contribution in [-0.4, -0.2) is 16.9 Å². The van der Waals surface area contributed by atoms with E-state index in [9.17, 15) is 22.8 Å². The van der Waals surface area contributed by atoms with E-state index in [0.29, 0.717) is 11.1 Å². The fraction of sp³-hybridized carbons (Fsp3) is 0.0526. The van der Waals surface area contributed by atoms with Crippen LogP contribution in [0.4, 0.5) is 13.2 Å². The number of carbonyl (C=O) groups is 2. The van der Waals surface area contributed by atoms with Gasteiger partial charge in [-0.3, -0.25) is 14.8 Å². The lowest BCUT2D eigenvalue weighted by Crippen LogP contribution is -2.14. The quantitative estimate of drug-likeness (QED) is 0.364. The average Bonchev–Trinajstić information content (AvgIpc) is 2.64. The Hall–Kier alpha value is -3.19. The van der Waals surface area contributed by atoms with Gasteiger partial charge in [0, 0.05) is 11.6 Å². The maximum Gasteiger partial charge on any atom is 0.416 e. The Morgan fingerprint density at radius 2 is 1.35 bits per heavy atom. The van der Waals surface area contributed by atoms with Crippen molar-refractivity contribution in [3.8, 4) is 0 Å². The lowest BCUT2D eigenvalue weighted by Gasteiger charge is -2.06. The minimum atomic E-state index is -4.44. The first-order valence-corrected chi connectivity index (χ1v) is 7.41. The Balaban J connectivity index is 2.03. The predicted octanol–water partition coefficient (Wildman–Crippen LogP) is 4.12. The summed E-state index contributed by atoms with van der Waals surface area (Å²) in [5.74, 6) is -1.07. The molecule has 0 saturated carbocycles. The van der Waals surface area contributed by atoms with Gasteiger partial charge < -0.3 is 0 Å². The van der Waals surface area contributed by atoms with E-state index in [1.807, 2.05) is 0 Å². The van der Waals surface area contributed by atoms with Crippen LogP contribution in [-0.2, 0) is 11.0 Å². The average molecular weight is 361 g/mol. The normalized spacial score (nSPS) is 11.8. The first-order chi connectivity index (χ1) is 12.3. The number of hydrogen-bond acceptors (Lipinski definition) is 3. The Morgan fingerprint density at radius 1 is 0.846 bits per heavy atom. The van der Waals surface area contributed by atoms with E-state index in [1.165, 1.54) is 23.7 Å². The minimum Gasteiger partial charge on any atom is -0.289 e. The zero-order valence-corrected chi connectivity index (χ0v) is 13.3. The van der Waals surface area contributed by atoms with Crippen molar-refractivity contribution in [3.05, 3.63) is 82.9 Å². The molecule has 0 heterocycles. The van der Waals surface area contributed by atoms with E-state index in [0.717, 1.165) is 30.3 Å². The summed E-state index contributed by atoms with van der Waals surface area (Å²) in [6.07, 6.45) is 1.01. The summed E-state index contributed by atoms with van der Waals surface area (Å²) in [7, 11) is 0. The third-order valence-electron chi connectivity index (χ3n) is 3.40. The van der Waals surface area contributed by atoms with Crippen LogP contribution in [0.5, 0.6) is 0 Å². The third-order valence-corrected chi connectivity index (χ3v) is 3.40. The summed E-state index contributed by atoms with van der Waals surface area (Å²) in [5.41, 5.74) is 2.23. The molecular formula is C19H14F3NO3.